The van der Waals surface area contributed by atoms with Crippen LogP contribution in [-0.4, -0.2) is 10.5 Å². The van der Waals surface area contributed by atoms with Gasteiger partial charge in [0.1, 0.15) is 0 Å². The summed E-state index contributed by atoms with van der Waals surface area (Å²) in [6, 6.07) is 0. The Morgan fingerprint density at radius 3 is 1.64 bits per heavy atom. The number of fused-ring (bicyclic) bond motifs is 1. The Morgan fingerprint density at radius 2 is 1.18 bits per heavy atom. The smallest absolute Gasteiger partial charge is 0.00551 e. The summed E-state index contributed by atoms with van der Waals surface area (Å²) in [5.74, 6) is 2.28. The summed E-state index contributed by atoms with van der Waals surface area (Å²) in [5.41, 5.74) is 0. The molecule has 0 nitrogen and oxygen atoms in total. The van der Waals surface area contributed by atoms with Crippen molar-refractivity contribution in [2.24, 2.45) is 11.8 Å². The second-order valence-corrected chi connectivity index (χ2v) is 6.24. The Labute approximate surface area is 73.1 Å². The Bertz CT molecular complexity index is 132. The molecule has 0 N–H and O–H groups in total. The summed E-state index contributed by atoms with van der Waals surface area (Å²) < 4.78 is 0. The van der Waals surface area contributed by atoms with Gasteiger partial charge in [0.05, 0.1) is 0 Å². The molecule has 2 aliphatic carbocycles. The Balaban J connectivity index is 1.90. The highest BCUT2D eigenvalue weighted by Gasteiger charge is 2.39. The SMILES string of the molecule is C1CC2CC3CC1CC(C2)S3. The van der Waals surface area contributed by atoms with Gasteiger partial charge in [-0.2, -0.15) is 11.8 Å². The van der Waals surface area contributed by atoms with E-state index in [0.717, 1.165) is 22.3 Å². The first-order chi connectivity index (χ1) is 5.40. The lowest BCUT2D eigenvalue weighted by Crippen LogP contribution is -2.29. The lowest BCUT2D eigenvalue weighted by molar-refractivity contribution is 0.383. The quantitative estimate of drug-likeness (QED) is 0.535. The van der Waals surface area contributed by atoms with Crippen LogP contribution in [0.3, 0.4) is 0 Å². The largest absolute Gasteiger partial charge is 0.155 e. The molecule has 0 aromatic rings. The van der Waals surface area contributed by atoms with Crippen molar-refractivity contribution in [2.75, 3.05) is 0 Å². The maximum absolute atomic E-state index is 2.32. The Kier molecular flexibility index (Phi) is 1.50. The van der Waals surface area contributed by atoms with Gasteiger partial charge in [-0.15, -0.1) is 0 Å². The van der Waals surface area contributed by atoms with E-state index in [9.17, 15) is 0 Å². The van der Waals surface area contributed by atoms with Gasteiger partial charge in [-0.05, 0) is 37.5 Å². The van der Waals surface area contributed by atoms with Crippen LogP contribution in [0.1, 0.15) is 38.5 Å². The fourth-order valence-electron chi connectivity index (χ4n) is 3.31. The van der Waals surface area contributed by atoms with Crippen molar-refractivity contribution in [3.8, 4) is 0 Å². The molecule has 0 aromatic carbocycles. The first-order valence-corrected chi connectivity index (χ1v) is 6.00. The van der Waals surface area contributed by atoms with Gasteiger partial charge in [0, 0.05) is 10.5 Å². The van der Waals surface area contributed by atoms with Crippen LogP contribution in [0.4, 0.5) is 0 Å². The van der Waals surface area contributed by atoms with Crippen LogP contribution in [0.2, 0.25) is 0 Å². The molecule has 0 atom stereocenters. The zero-order valence-corrected chi connectivity index (χ0v) is 7.78. The first-order valence-electron chi connectivity index (χ1n) is 5.05. The van der Waals surface area contributed by atoms with Gasteiger partial charge in [0.2, 0.25) is 0 Å². The third-order valence-corrected chi connectivity index (χ3v) is 5.29. The lowest BCUT2D eigenvalue weighted by Gasteiger charge is -2.37. The van der Waals surface area contributed by atoms with E-state index in [-0.39, 0.29) is 0 Å². The highest BCUT2D eigenvalue weighted by Crippen LogP contribution is 2.51. The molecule has 2 heterocycles. The summed E-state index contributed by atoms with van der Waals surface area (Å²) in [7, 11) is 0. The van der Waals surface area contributed by atoms with E-state index >= 15 is 0 Å². The fourth-order valence-corrected chi connectivity index (χ4v) is 5.39. The van der Waals surface area contributed by atoms with Crippen LogP contribution in [-0.2, 0) is 0 Å². The molecule has 11 heavy (non-hydrogen) atoms. The standard InChI is InChI=1S/C10H16S/c1-2-8-5-9-3-7(1)4-10(6-8)11-9/h7-10H,1-6H2. The van der Waals surface area contributed by atoms with Crippen molar-refractivity contribution < 1.29 is 0 Å². The summed E-state index contributed by atoms with van der Waals surface area (Å²) in [6.45, 7) is 0. The van der Waals surface area contributed by atoms with Crippen LogP contribution < -0.4 is 0 Å². The lowest BCUT2D eigenvalue weighted by atomic mass is 9.90. The topological polar surface area (TPSA) is 0 Å². The second-order valence-electron chi connectivity index (χ2n) is 4.63. The van der Waals surface area contributed by atoms with Crippen molar-refractivity contribution in [1.29, 1.82) is 0 Å². The summed E-state index contributed by atoms with van der Waals surface area (Å²) >= 11 is 2.32. The Morgan fingerprint density at radius 1 is 0.727 bits per heavy atom. The van der Waals surface area contributed by atoms with E-state index in [2.05, 4.69) is 11.8 Å². The molecule has 2 saturated heterocycles. The summed E-state index contributed by atoms with van der Waals surface area (Å²) in [4.78, 5) is 0. The average Bonchev–Trinajstić information content (AvgIpc) is 2.18. The van der Waals surface area contributed by atoms with E-state index < -0.39 is 0 Å². The van der Waals surface area contributed by atoms with Crippen molar-refractivity contribution >= 4 is 11.8 Å². The van der Waals surface area contributed by atoms with E-state index in [1.807, 2.05) is 0 Å². The fraction of sp³-hybridized carbons (Fsp3) is 1.00. The number of hydrogen-bond acceptors (Lipinski definition) is 1. The normalized spacial score (nSPS) is 54.5. The van der Waals surface area contributed by atoms with Crippen molar-refractivity contribution in [2.45, 2.75) is 49.0 Å². The molecule has 0 unspecified atom stereocenters. The molecule has 0 aromatic heterocycles. The zero-order chi connectivity index (χ0) is 7.26. The monoisotopic (exact) mass is 168 g/mol. The van der Waals surface area contributed by atoms with Gasteiger partial charge in [0.15, 0.2) is 0 Å². The second kappa shape index (κ2) is 2.42. The van der Waals surface area contributed by atoms with Crippen molar-refractivity contribution in [1.82, 2.24) is 0 Å². The molecule has 1 heteroatoms. The first kappa shape index (κ1) is 6.82. The van der Waals surface area contributed by atoms with Crippen LogP contribution in [0, 0.1) is 11.8 Å². The molecule has 62 valence electrons. The van der Waals surface area contributed by atoms with Gasteiger partial charge >= 0.3 is 0 Å². The molecule has 4 fully saturated rings. The number of rotatable bonds is 0. The Hall–Kier alpha value is 0.350. The summed E-state index contributed by atoms with van der Waals surface area (Å²) in [6.07, 6.45) is 9.40. The minimum Gasteiger partial charge on any atom is -0.155 e. The molecular weight excluding hydrogens is 152 g/mol. The summed E-state index contributed by atoms with van der Waals surface area (Å²) in [5, 5.41) is 2.17. The molecule has 4 bridgehead atoms. The minimum absolute atomic E-state index is 1.08. The zero-order valence-electron chi connectivity index (χ0n) is 6.96. The van der Waals surface area contributed by atoms with E-state index in [1.165, 1.54) is 0 Å². The van der Waals surface area contributed by atoms with Crippen LogP contribution in [0.5, 0.6) is 0 Å². The third-order valence-electron chi connectivity index (χ3n) is 3.75. The highest BCUT2D eigenvalue weighted by molar-refractivity contribution is 8.00. The molecular formula is C10H16S. The maximum atomic E-state index is 2.32. The maximum Gasteiger partial charge on any atom is 0.00551 e. The number of hydrogen-bond donors (Lipinski definition) is 0. The van der Waals surface area contributed by atoms with Gasteiger partial charge in [-0.1, -0.05) is 12.8 Å². The van der Waals surface area contributed by atoms with E-state index in [0.29, 0.717) is 0 Å². The third kappa shape index (κ3) is 1.12. The molecule has 4 rings (SSSR count). The van der Waals surface area contributed by atoms with Gasteiger partial charge in [0.25, 0.3) is 0 Å². The van der Waals surface area contributed by atoms with E-state index in [1.54, 1.807) is 38.5 Å². The van der Waals surface area contributed by atoms with Crippen molar-refractivity contribution in [3.05, 3.63) is 0 Å². The minimum atomic E-state index is 1.08. The molecule has 0 radical (unpaired) electrons. The molecule has 2 aliphatic heterocycles. The average molecular weight is 168 g/mol. The predicted octanol–water partition coefficient (Wildman–Crippen LogP) is 3.07. The van der Waals surface area contributed by atoms with Gasteiger partial charge in [-0.3, -0.25) is 0 Å². The predicted molar refractivity (Wildman–Crippen MR) is 49.8 cm³/mol. The highest BCUT2D eigenvalue weighted by atomic mass is 32.2. The van der Waals surface area contributed by atoms with Gasteiger partial charge < -0.3 is 0 Å². The van der Waals surface area contributed by atoms with Gasteiger partial charge in [-0.25, -0.2) is 0 Å². The molecule has 2 saturated carbocycles. The molecule has 4 aliphatic rings. The van der Waals surface area contributed by atoms with Crippen LogP contribution >= 0.6 is 11.8 Å². The molecule has 0 spiro atoms. The van der Waals surface area contributed by atoms with Crippen LogP contribution in [0.25, 0.3) is 0 Å². The molecule has 0 amide bonds. The van der Waals surface area contributed by atoms with Crippen molar-refractivity contribution in [3.63, 3.8) is 0 Å². The van der Waals surface area contributed by atoms with E-state index in [4.69, 9.17) is 0 Å². The van der Waals surface area contributed by atoms with Crippen LogP contribution in [0.15, 0.2) is 0 Å². The number of thioether (sulfide) groups is 1.